The van der Waals surface area contributed by atoms with Crippen LogP contribution >= 0.6 is 23.6 Å². The van der Waals surface area contributed by atoms with Crippen molar-refractivity contribution in [2.24, 2.45) is 0 Å². The van der Waals surface area contributed by atoms with Crippen LogP contribution in [0.4, 0.5) is 0 Å². The van der Waals surface area contributed by atoms with Crippen LogP contribution in [-0.4, -0.2) is 22.5 Å². The fourth-order valence-corrected chi connectivity index (χ4v) is 2.32. The number of likely N-dealkylation sites (N-methyl/N-ethyl adjacent to an activating group) is 1. The van der Waals surface area contributed by atoms with Crippen LogP contribution in [0.25, 0.3) is 6.08 Å². The van der Waals surface area contributed by atoms with Gasteiger partial charge in [0, 0.05) is 6.54 Å². The largest absolute Gasteiger partial charge is 0.328 e. The molecule has 5 heteroatoms. The van der Waals surface area contributed by atoms with E-state index in [1.807, 2.05) is 29.8 Å². The minimum atomic E-state index is -0.0475. The Labute approximate surface area is 97.4 Å². The molecule has 1 N–H and O–H groups in total. The highest BCUT2D eigenvalue weighted by Gasteiger charge is 2.28. The lowest BCUT2D eigenvalue weighted by molar-refractivity contribution is -0.122. The van der Waals surface area contributed by atoms with Crippen LogP contribution in [0.5, 0.6) is 0 Å². The molecule has 2 heterocycles. The summed E-state index contributed by atoms with van der Waals surface area (Å²) < 4.78 is 0. The Hall–Kier alpha value is -1.20. The van der Waals surface area contributed by atoms with Crippen molar-refractivity contribution >= 4 is 40.7 Å². The van der Waals surface area contributed by atoms with Gasteiger partial charge < -0.3 is 5.32 Å². The average molecular weight is 238 g/mol. The van der Waals surface area contributed by atoms with Crippen LogP contribution in [0.15, 0.2) is 22.5 Å². The Morgan fingerprint density at radius 1 is 1.67 bits per heavy atom. The molecule has 0 aromatic carbocycles. The normalized spacial score (nSPS) is 18.7. The van der Waals surface area contributed by atoms with E-state index in [0.29, 0.717) is 17.4 Å². The van der Waals surface area contributed by atoms with Crippen LogP contribution in [0.2, 0.25) is 0 Å². The third kappa shape index (κ3) is 1.93. The fourth-order valence-electron chi connectivity index (χ4n) is 1.38. The van der Waals surface area contributed by atoms with Crippen molar-refractivity contribution in [1.29, 1.82) is 0 Å². The number of carbonyl (C=O) groups is 1. The first-order chi connectivity index (χ1) is 7.22. The van der Waals surface area contributed by atoms with Crippen LogP contribution in [-0.2, 0) is 4.79 Å². The summed E-state index contributed by atoms with van der Waals surface area (Å²) >= 11 is 6.65. The Balaban J connectivity index is 2.26. The molecule has 1 aliphatic rings. The number of nitrogens with zero attached hydrogens (tertiary/aromatic N) is 1. The van der Waals surface area contributed by atoms with Crippen molar-refractivity contribution in [1.82, 2.24) is 10.2 Å². The maximum atomic E-state index is 11.8. The van der Waals surface area contributed by atoms with Crippen molar-refractivity contribution in [3.05, 3.63) is 28.1 Å². The second kappa shape index (κ2) is 4.12. The van der Waals surface area contributed by atoms with Gasteiger partial charge in [-0.05, 0) is 47.6 Å². The number of nitrogens with one attached hydrogen (secondary N) is 1. The fraction of sp³-hybridized carbons (Fsp3) is 0.200. The zero-order valence-electron chi connectivity index (χ0n) is 8.19. The van der Waals surface area contributed by atoms with Crippen molar-refractivity contribution in [3.63, 3.8) is 0 Å². The second-order valence-corrected chi connectivity index (χ2v) is 4.26. The standard InChI is InChI=1S/C10H10N2OS2/c1-2-12-9(13)8(11-10(12)14)5-7-3-4-15-6-7/h3-6H,2H2,1H3,(H,11,14)/b8-5-. The predicted molar refractivity (Wildman–Crippen MR) is 65.4 cm³/mol. The maximum Gasteiger partial charge on any atom is 0.276 e. The van der Waals surface area contributed by atoms with Gasteiger partial charge in [0.2, 0.25) is 0 Å². The van der Waals surface area contributed by atoms with Gasteiger partial charge in [0.15, 0.2) is 5.11 Å². The summed E-state index contributed by atoms with van der Waals surface area (Å²) in [5.74, 6) is -0.0475. The molecular formula is C10H10N2OS2. The number of thiocarbonyl (C=S) groups is 1. The van der Waals surface area contributed by atoms with Gasteiger partial charge in [0.1, 0.15) is 5.70 Å². The van der Waals surface area contributed by atoms with E-state index in [-0.39, 0.29) is 5.91 Å². The van der Waals surface area contributed by atoms with E-state index < -0.39 is 0 Å². The van der Waals surface area contributed by atoms with Gasteiger partial charge in [0.25, 0.3) is 5.91 Å². The van der Waals surface area contributed by atoms with E-state index in [0.717, 1.165) is 5.56 Å². The molecule has 0 spiro atoms. The zero-order valence-corrected chi connectivity index (χ0v) is 9.82. The molecule has 0 unspecified atom stereocenters. The molecule has 78 valence electrons. The van der Waals surface area contributed by atoms with Gasteiger partial charge in [-0.2, -0.15) is 11.3 Å². The molecule has 1 fully saturated rings. The molecule has 1 aliphatic heterocycles. The molecule has 0 saturated carbocycles. The van der Waals surface area contributed by atoms with E-state index >= 15 is 0 Å². The highest BCUT2D eigenvalue weighted by Crippen LogP contribution is 2.15. The molecule has 1 saturated heterocycles. The summed E-state index contributed by atoms with van der Waals surface area (Å²) in [7, 11) is 0. The highest BCUT2D eigenvalue weighted by atomic mass is 32.1. The lowest BCUT2D eigenvalue weighted by atomic mass is 10.2. The van der Waals surface area contributed by atoms with Crippen molar-refractivity contribution in [2.45, 2.75) is 6.92 Å². The Morgan fingerprint density at radius 2 is 2.47 bits per heavy atom. The summed E-state index contributed by atoms with van der Waals surface area (Å²) in [5.41, 5.74) is 1.58. The molecule has 3 nitrogen and oxygen atoms in total. The van der Waals surface area contributed by atoms with E-state index in [1.54, 1.807) is 16.2 Å². The quantitative estimate of drug-likeness (QED) is 0.630. The molecule has 0 atom stereocenters. The summed E-state index contributed by atoms with van der Waals surface area (Å²) in [5, 5.41) is 7.37. The summed E-state index contributed by atoms with van der Waals surface area (Å²) in [6.45, 7) is 2.51. The highest BCUT2D eigenvalue weighted by molar-refractivity contribution is 7.80. The molecule has 15 heavy (non-hydrogen) atoms. The third-order valence-corrected chi connectivity index (χ3v) is 3.16. The van der Waals surface area contributed by atoms with Crippen LogP contribution in [0, 0.1) is 0 Å². The molecule has 1 aromatic rings. The summed E-state index contributed by atoms with van der Waals surface area (Å²) in [6.07, 6.45) is 1.82. The van der Waals surface area contributed by atoms with Gasteiger partial charge in [-0.15, -0.1) is 0 Å². The number of amides is 1. The van der Waals surface area contributed by atoms with Crippen molar-refractivity contribution < 1.29 is 4.79 Å². The van der Waals surface area contributed by atoms with Crippen LogP contribution in [0.3, 0.4) is 0 Å². The number of hydrogen-bond acceptors (Lipinski definition) is 3. The lowest BCUT2D eigenvalue weighted by Gasteiger charge is -2.08. The Bertz CT molecular complexity index is 423. The molecule has 0 bridgehead atoms. The molecule has 2 rings (SSSR count). The van der Waals surface area contributed by atoms with Gasteiger partial charge in [-0.1, -0.05) is 0 Å². The predicted octanol–water partition coefficient (Wildman–Crippen LogP) is 1.83. The number of carbonyl (C=O) groups excluding carboxylic acids is 1. The van der Waals surface area contributed by atoms with E-state index in [4.69, 9.17) is 12.2 Å². The molecular weight excluding hydrogens is 228 g/mol. The van der Waals surface area contributed by atoms with Crippen LogP contribution < -0.4 is 5.32 Å². The monoisotopic (exact) mass is 238 g/mol. The minimum Gasteiger partial charge on any atom is -0.328 e. The van der Waals surface area contributed by atoms with Crippen molar-refractivity contribution in [3.8, 4) is 0 Å². The molecule has 1 amide bonds. The Morgan fingerprint density at radius 3 is 3.00 bits per heavy atom. The SMILES string of the molecule is CCN1C(=O)/C(=C/c2ccsc2)NC1=S. The van der Waals surface area contributed by atoms with Gasteiger partial charge >= 0.3 is 0 Å². The molecule has 0 aliphatic carbocycles. The second-order valence-electron chi connectivity index (χ2n) is 3.09. The average Bonchev–Trinajstić information content (AvgIpc) is 2.78. The molecule has 0 radical (unpaired) electrons. The smallest absolute Gasteiger partial charge is 0.276 e. The first-order valence-corrected chi connectivity index (χ1v) is 5.94. The van der Waals surface area contributed by atoms with Crippen molar-refractivity contribution in [2.75, 3.05) is 6.54 Å². The number of thiophene rings is 1. The topological polar surface area (TPSA) is 32.3 Å². The summed E-state index contributed by atoms with van der Waals surface area (Å²) in [6, 6.07) is 1.96. The van der Waals surface area contributed by atoms with Gasteiger partial charge in [-0.3, -0.25) is 9.69 Å². The third-order valence-electron chi connectivity index (χ3n) is 2.13. The number of hydrogen-bond donors (Lipinski definition) is 1. The first-order valence-electron chi connectivity index (χ1n) is 4.59. The Kier molecular flexibility index (Phi) is 2.83. The first kappa shape index (κ1) is 10.3. The summed E-state index contributed by atoms with van der Waals surface area (Å²) in [4.78, 5) is 13.3. The maximum absolute atomic E-state index is 11.8. The minimum absolute atomic E-state index is 0.0475. The molecule has 1 aromatic heterocycles. The van der Waals surface area contributed by atoms with Gasteiger partial charge in [0.05, 0.1) is 0 Å². The number of rotatable bonds is 2. The zero-order chi connectivity index (χ0) is 10.8. The van der Waals surface area contributed by atoms with E-state index in [2.05, 4.69) is 5.32 Å². The van der Waals surface area contributed by atoms with E-state index in [9.17, 15) is 4.79 Å². The van der Waals surface area contributed by atoms with Gasteiger partial charge in [-0.25, -0.2) is 0 Å². The van der Waals surface area contributed by atoms with Crippen LogP contribution in [0.1, 0.15) is 12.5 Å². The van der Waals surface area contributed by atoms with E-state index in [1.165, 1.54) is 0 Å². The lowest BCUT2D eigenvalue weighted by Crippen LogP contribution is -2.30.